The number of carbonyl (C=O) groups is 2. The number of nitrogens with one attached hydrogen (secondary N) is 2. The van der Waals surface area contributed by atoms with Crippen LogP contribution in [0.25, 0.3) is 16.8 Å². The molecule has 0 saturated carbocycles. The number of pyridine rings is 1. The Morgan fingerprint density at radius 3 is 2.67 bits per heavy atom. The van der Waals surface area contributed by atoms with Gasteiger partial charge in [0, 0.05) is 55.1 Å². The molecule has 1 fully saturated rings. The summed E-state index contributed by atoms with van der Waals surface area (Å²) in [5, 5.41) is 5.42. The minimum Gasteiger partial charge on any atom is -0.382 e. The average Bonchev–Trinajstić information content (AvgIpc) is 3.38. The molecule has 42 heavy (non-hydrogen) atoms. The topological polar surface area (TPSA) is 131 Å². The number of alkyl halides is 3. The summed E-state index contributed by atoms with van der Waals surface area (Å²) in [6, 6.07) is 8.08. The summed E-state index contributed by atoms with van der Waals surface area (Å²) in [5.41, 5.74) is 7.39. The van der Waals surface area contributed by atoms with Gasteiger partial charge in [-0.25, -0.2) is 15.0 Å². The average molecular weight is 599 g/mol. The highest BCUT2D eigenvalue weighted by Gasteiger charge is 2.31. The molecule has 10 nitrogen and oxygen atoms in total. The number of amides is 2. The van der Waals surface area contributed by atoms with E-state index in [4.69, 9.17) is 10.7 Å². The van der Waals surface area contributed by atoms with Crippen LogP contribution in [0.2, 0.25) is 0 Å². The lowest BCUT2D eigenvalue weighted by Crippen LogP contribution is -2.44. The molecule has 0 bridgehead atoms. The number of rotatable bonds is 8. The third kappa shape index (κ3) is 6.27. The normalized spacial score (nSPS) is 15.5. The van der Waals surface area contributed by atoms with Crippen molar-refractivity contribution in [1.82, 2.24) is 24.7 Å². The van der Waals surface area contributed by atoms with Gasteiger partial charge in [-0.2, -0.15) is 24.9 Å². The standard InChI is InChI=1S/C28H29F3N8O2S/c1-42-14-11-35-25(40)19-3-2-12-38(16-19)27-37-22(23-24(32)34-10-13-39(23)27)17-4-6-18(7-5-17)26(41)36-21-15-20(8-9-33-21)28(29,30)31/h4-10,13,15,19H,2-3,11-12,14,16H2,1H3,(H2,32,34)(H,35,40)(H,33,36,41). The third-order valence-corrected chi connectivity index (χ3v) is 7.61. The summed E-state index contributed by atoms with van der Waals surface area (Å²) in [6.45, 7) is 1.85. The molecule has 5 rings (SSSR count). The van der Waals surface area contributed by atoms with Gasteiger partial charge in [-0.15, -0.1) is 0 Å². The summed E-state index contributed by atoms with van der Waals surface area (Å²) < 4.78 is 40.9. The number of carbonyl (C=O) groups excluding carboxylic acids is 2. The highest BCUT2D eigenvalue weighted by molar-refractivity contribution is 7.98. The van der Waals surface area contributed by atoms with Crippen molar-refractivity contribution in [3.05, 3.63) is 66.1 Å². The van der Waals surface area contributed by atoms with Crippen LogP contribution in [-0.4, -0.2) is 62.8 Å². The lowest BCUT2D eigenvalue weighted by Gasteiger charge is -2.32. The maximum atomic E-state index is 13.0. The molecule has 0 aliphatic carbocycles. The summed E-state index contributed by atoms with van der Waals surface area (Å²) in [6.07, 6.45) is 3.41. The first-order valence-corrected chi connectivity index (χ1v) is 14.6. The van der Waals surface area contributed by atoms with Crippen LogP contribution in [0.4, 0.5) is 30.8 Å². The smallest absolute Gasteiger partial charge is 0.382 e. The van der Waals surface area contributed by atoms with E-state index in [1.54, 1.807) is 48.4 Å². The van der Waals surface area contributed by atoms with E-state index < -0.39 is 17.6 Å². The quantitative estimate of drug-likeness (QED) is 0.256. The highest BCUT2D eigenvalue weighted by atomic mass is 32.2. The van der Waals surface area contributed by atoms with Crippen LogP contribution in [0.5, 0.6) is 0 Å². The van der Waals surface area contributed by atoms with Gasteiger partial charge in [0.05, 0.1) is 11.5 Å². The molecular weight excluding hydrogens is 569 g/mol. The third-order valence-electron chi connectivity index (χ3n) is 6.99. The lowest BCUT2D eigenvalue weighted by molar-refractivity contribution is -0.137. The molecule has 2 amide bonds. The highest BCUT2D eigenvalue weighted by Crippen LogP contribution is 2.33. The van der Waals surface area contributed by atoms with Crippen LogP contribution in [0, 0.1) is 5.92 Å². The van der Waals surface area contributed by atoms with Crippen LogP contribution in [0.1, 0.15) is 28.8 Å². The number of piperidine rings is 1. The molecule has 1 aliphatic rings. The van der Waals surface area contributed by atoms with Crippen LogP contribution in [0.15, 0.2) is 55.0 Å². The molecule has 0 spiro atoms. The number of thioether (sulfide) groups is 1. The number of nitrogens with zero attached hydrogens (tertiary/aromatic N) is 5. The van der Waals surface area contributed by atoms with E-state index >= 15 is 0 Å². The van der Waals surface area contributed by atoms with Crippen molar-refractivity contribution in [2.24, 2.45) is 5.92 Å². The minimum absolute atomic E-state index is 0.0326. The van der Waals surface area contributed by atoms with Crippen molar-refractivity contribution in [1.29, 1.82) is 0 Å². The summed E-state index contributed by atoms with van der Waals surface area (Å²) >= 11 is 1.68. The largest absolute Gasteiger partial charge is 0.416 e. The van der Waals surface area contributed by atoms with Crippen molar-refractivity contribution in [2.45, 2.75) is 19.0 Å². The zero-order valence-electron chi connectivity index (χ0n) is 22.7. The number of hydrogen-bond acceptors (Lipinski definition) is 8. The zero-order valence-corrected chi connectivity index (χ0v) is 23.5. The van der Waals surface area contributed by atoms with Gasteiger partial charge in [0.2, 0.25) is 11.9 Å². The second-order valence-electron chi connectivity index (χ2n) is 9.82. The molecule has 14 heteroatoms. The summed E-state index contributed by atoms with van der Waals surface area (Å²) in [5.74, 6) is 0.802. The fourth-order valence-corrected chi connectivity index (χ4v) is 5.22. The van der Waals surface area contributed by atoms with Gasteiger partial charge in [-0.1, -0.05) is 12.1 Å². The van der Waals surface area contributed by atoms with Crippen LogP contribution >= 0.6 is 11.8 Å². The Kier molecular flexibility index (Phi) is 8.52. The van der Waals surface area contributed by atoms with Gasteiger partial charge < -0.3 is 21.3 Å². The number of fused-ring (bicyclic) bond motifs is 1. The molecule has 1 aliphatic heterocycles. The number of benzene rings is 1. The van der Waals surface area contributed by atoms with E-state index in [2.05, 4.69) is 25.5 Å². The lowest BCUT2D eigenvalue weighted by atomic mass is 9.97. The van der Waals surface area contributed by atoms with Crippen molar-refractivity contribution < 1.29 is 22.8 Å². The van der Waals surface area contributed by atoms with Crippen molar-refractivity contribution >= 4 is 46.7 Å². The van der Waals surface area contributed by atoms with E-state index in [0.717, 1.165) is 43.5 Å². The van der Waals surface area contributed by atoms with E-state index in [0.29, 0.717) is 35.8 Å². The first-order chi connectivity index (χ1) is 20.2. The maximum absolute atomic E-state index is 13.0. The number of nitrogens with two attached hydrogens (primary N) is 1. The Hall–Kier alpha value is -4.33. The second-order valence-corrected chi connectivity index (χ2v) is 10.8. The molecule has 1 unspecified atom stereocenters. The monoisotopic (exact) mass is 598 g/mol. The van der Waals surface area contributed by atoms with Gasteiger partial charge in [-0.3, -0.25) is 14.0 Å². The molecule has 4 heterocycles. The molecule has 1 saturated heterocycles. The van der Waals surface area contributed by atoms with Gasteiger partial charge in [0.1, 0.15) is 22.8 Å². The van der Waals surface area contributed by atoms with Gasteiger partial charge in [0.15, 0.2) is 0 Å². The molecular formula is C28H29F3N8O2S. The summed E-state index contributed by atoms with van der Waals surface area (Å²) in [7, 11) is 0. The Morgan fingerprint density at radius 1 is 1.14 bits per heavy atom. The van der Waals surface area contributed by atoms with Crippen LogP contribution in [-0.2, 0) is 11.0 Å². The van der Waals surface area contributed by atoms with E-state index in [9.17, 15) is 22.8 Å². The molecule has 0 radical (unpaired) electrons. The van der Waals surface area contributed by atoms with Gasteiger partial charge >= 0.3 is 6.18 Å². The Bertz CT molecular complexity index is 1590. The second kappa shape index (κ2) is 12.3. The number of nitrogen functional groups attached to an aromatic ring is 1. The Balaban J connectivity index is 1.38. The molecule has 220 valence electrons. The Labute approximate surface area is 243 Å². The first kappa shape index (κ1) is 29.2. The Morgan fingerprint density at radius 2 is 1.93 bits per heavy atom. The molecule has 1 aromatic carbocycles. The van der Waals surface area contributed by atoms with Crippen molar-refractivity contribution in [3.8, 4) is 11.3 Å². The van der Waals surface area contributed by atoms with Crippen LogP contribution < -0.4 is 21.3 Å². The first-order valence-electron chi connectivity index (χ1n) is 13.2. The summed E-state index contributed by atoms with van der Waals surface area (Å²) in [4.78, 5) is 40.5. The van der Waals surface area contributed by atoms with Gasteiger partial charge in [0.25, 0.3) is 5.91 Å². The fraction of sp³-hybridized carbons (Fsp3) is 0.321. The maximum Gasteiger partial charge on any atom is 0.416 e. The molecule has 4 N–H and O–H groups in total. The van der Waals surface area contributed by atoms with Gasteiger partial charge in [-0.05, 0) is 43.4 Å². The number of hydrogen-bond donors (Lipinski definition) is 3. The van der Waals surface area contributed by atoms with E-state index in [1.165, 1.54) is 0 Å². The predicted molar refractivity (Wildman–Crippen MR) is 156 cm³/mol. The number of anilines is 3. The predicted octanol–water partition coefficient (Wildman–Crippen LogP) is 4.34. The van der Waals surface area contributed by atoms with E-state index in [1.807, 2.05) is 10.7 Å². The van der Waals surface area contributed by atoms with E-state index in [-0.39, 0.29) is 29.0 Å². The molecule has 4 aromatic rings. The molecule has 3 aromatic heterocycles. The zero-order chi connectivity index (χ0) is 29.9. The SMILES string of the molecule is CSCCNC(=O)C1CCCN(c2nc(-c3ccc(C(=O)Nc4cc(C(F)(F)F)ccn4)cc3)c3c(N)nccn23)C1. The number of imidazole rings is 1. The van der Waals surface area contributed by atoms with Crippen molar-refractivity contribution in [3.63, 3.8) is 0 Å². The fourth-order valence-electron chi connectivity index (χ4n) is 4.91. The van der Waals surface area contributed by atoms with Crippen LogP contribution in [0.3, 0.4) is 0 Å². The number of halogens is 3. The minimum atomic E-state index is -4.55. The molecule has 1 atom stereocenters. The van der Waals surface area contributed by atoms with Crippen molar-refractivity contribution in [2.75, 3.05) is 47.6 Å². The number of aromatic nitrogens is 4.